The number of ether oxygens (including phenoxy) is 3. The molecule has 2 N–H and O–H groups in total. The highest BCUT2D eigenvalue weighted by atomic mass is 16.5. The molecule has 102 valence electrons. The largest absolute Gasteiger partial charge is 0.497 e. The first kappa shape index (κ1) is 14.8. The molecule has 0 heterocycles. The zero-order valence-corrected chi connectivity index (χ0v) is 11.7. The average Bonchev–Trinajstić information content (AvgIpc) is 2.33. The Balaban J connectivity index is 2.54. The van der Waals surface area contributed by atoms with Gasteiger partial charge in [0.15, 0.2) is 0 Å². The van der Waals surface area contributed by atoms with Crippen molar-refractivity contribution in [2.45, 2.75) is 32.9 Å². The Labute approximate surface area is 109 Å². The molecule has 0 aliphatic heterocycles. The fourth-order valence-electron chi connectivity index (χ4n) is 1.46. The van der Waals surface area contributed by atoms with Crippen LogP contribution in [0, 0.1) is 0 Å². The molecule has 0 saturated carbocycles. The lowest BCUT2D eigenvalue weighted by molar-refractivity contribution is -0.0164. The van der Waals surface area contributed by atoms with Gasteiger partial charge in [-0.15, -0.1) is 0 Å². The average molecular weight is 253 g/mol. The third-order valence-corrected chi connectivity index (χ3v) is 2.37. The van der Waals surface area contributed by atoms with E-state index in [4.69, 9.17) is 19.9 Å². The summed E-state index contributed by atoms with van der Waals surface area (Å²) >= 11 is 0. The molecule has 0 amide bonds. The van der Waals surface area contributed by atoms with E-state index in [1.807, 2.05) is 39.0 Å². The molecule has 0 aliphatic carbocycles. The van der Waals surface area contributed by atoms with E-state index in [-0.39, 0.29) is 5.60 Å². The number of rotatable bonds is 6. The first-order chi connectivity index (χ1) is 8.46. The van der Waals surface area contributed by atoms with Gasteiger partial charge in [-0.1, -0.05) is 6.07 Å². The maximum absolute atomic E-state index is 5.68. The minimum absolute atomic E-state index is 0.144. The first-order valence-corrected chi connectivity index (χ1v) is 6.10. The minimum Gasteiger partial charge on any atom is -0.497 e. The molecule has 0 atom stereocenters. The molecular weight excluding hydrogens is 230 g/mol. The lowest BCUT2D eigenvalue weighted by Gasteiger charge is -2.20. The van der Waals surface area contributed by atoms with Gasteiger partial charge < -0.3 is 19.9 Å². The van der Waals surface area contributed by atoms with Crippen LogP contribution in [0.1, 0.15) is 26.3 Å². The van der Waals surface area contributed by atoms with E-state index in [0.717, 1.165) is 17.1 Å². The van der Waals surface area contributed by atoms with Gasteiger partial charge in [0, 0.05) is 18.2 Å². The predicted octanol–water partition coefficient (Wildman–Crippen LogP) is 2.35. The summed E-state index contributed by atoms with van der Waals surface area (Å²) in [6.07, 6.45) is 0. The second-order valence-corrected chi connectivity index (χ2v) is 4.99. The van der Waals surface area contributed by atoms with Crippen molar-refractivity contribution >= 4 is 0 Å². The Morgan fingerprint density at radius 2 is 1.89 bits per heavy atom. The maximum atomic E-state index is 5.68. The second-order valence-electron chi connectivity index (χ2n) is 4.99. The van der Waals surface area contributed by atoms with Gasteiger partial charge >= 0.3 is 0 Å². The molecule has 0 aliphatic rings. The minimum atomic E-state index is -0.144. The molecule has 0 aromatic heterocycles. The fourth-order valence-corrected chi connectivity index (χ4v) is 1.46. The van der Waals surface area contributed by atoms with Crippen LogP contribution in [0.15, 0.2) is 18.2 Å². The summed E-state index contributed by atoms with van der Waals surface area (Å²) < 4.78 is 16.4. The summed E-state index contributed by atoms with van der Waals surface area (Å²) in [6, 6.07) is 5.64. The molecule has 1 rings (SSSR count). The van der Waals surface area contributed by atoms with Crippen molar-refractivity contribution < 1.29 is 14.2 Å². The van der Waals surface area contributed by atoms with Gasteiger partial charge in [0.25, 0.3) is 0 Å². The van der Waals surface area contributed by atoms with E-state index in [1.165, 1.54) is 0 Å². The van der Waals surface area contributed by atoms with Crippen LogP contribution in [0.2, 0.25) is 0 Å². The van der Waals surface area contributed by atoms with E-state index < -0.39 is 0 Å². The Bertz CT molecular complexity index is 372. The quantitative estimate of drug-likeness (QED) is 0.791. The highest BCUT2D eigenvalue weighted by molar-refractivity contribution is 5.40. The summed E-state index contributed by atoms with van der Waals surface area (Å²) in [7, 11) is 1.63. The monoisotopic (exact) mass is 253 g/mol. The lowest BCUT2D eigenvalue weighted by atomic mass is 10.2. The normalized spacial score (nSPS) is 11.4. The molecule has 4 nitrogen and oxygen atoms in total. The molecule has 0 radical (unpaired) electrons. The number of methoxy groups -OCH3 is 1. The summed E-state index contributed by atoms with van der Waals surface area (Å²) in [6.45, 7) is 7.54. The van der Waals surface area contributed by atoms with E-state index in [1.54, 1.807) is 7.11 Å². The van der Waals surface area contributed by atoms with Crippen LogP contribution < -0.4 is 15.2 Å². The highest BCUT2D eigenvalue weighted by Crippen LogP contribution is 2.24. The highest BCUT2D eigenvalue weighted by Gasteiger charge is 2.10. The second kappa shape index (κ2) is 6.61. The fraction of sp³-hybridized carbons (Fsp3) is 0.571. The maximum Gasteiger partial charge on any atom is 0.127 e. The van der Waals surface area contributed by atoms with E-state index >= 15 is 0 Å². The van der Waals surface area contributed by atoms with Crippen LogP contribution in [0.25, 0.3) is 0 Å². The molecule has 1 aromatic carbocycles. The van der Waals surface area contributed by atoms with Gasteiger partial charge in [-0.3, -0.25) is 0 Å². The Morgan fingerprint density at radius 1 is 1.17 bits per heavy atom. The standard InChI is InChI=1S/C14H23NO3/c1-14(2,3)18-8-7-17-13-9-12(16-4)6-5-11(13)10-15/h5-6,9H,7-8,10,15H2,1-4H3. The zero-order valence-electron chi connectivity index (χ0n) is 11.7. The van der Waals surface area contributed by atoms with Gasteiger partial charge in [0.1, 0.15) is 18.1 Å². The molecule has 0 spiro atoms. The number of benzene rings is 1. The summed E-state index contributed by atoms with van der Waals surface area (Å²) in [5, 5.41) is 0. The third-order valence-electron chi connectivity index (χ3n) is 2.37. The first-order valence-electron chi connectivity index (χ1n) is 6.10. The van der Waals surface area contributed by atoms with Gasteiger partial charge in [0.05, 0.1) is 19.3 Å². The van der Waals surface area contributed by atoms with Crippen molar-refractivity contribution in [3.8, 4) is 11.5 Å². The SMILES string of the molecule is COc1ccc(CN)c(OCCOC(C)(C)C)c1. The zero-order chi connectivity index (χ0) is 13.6. The summed E-state index contributed by atoms with van der Waals surface area (Å²) in [5.74, 6) is 1.52. The molecule has 4 heteroatoms. The van der Waals surface area contributed by atoms with Crippen LogP contribution in [0.3, 0.4) is 0 Å². The number of hydrogen-bond donors (Lipinski definition) is 1. The van der Waals surface area contributed by atoms with Crippen LogP contribution in [-0.4, -0.2) is 25.9 Å². The number of nitrogens with two attached hydrogens (primary N) is 1. The molecule has 18 heavy (non-hydrogen) atoms. The van der Waals surface area contributed by atoms with Gasteiger partial charge in [-0.25, -0.2) is 0 Å². The van der Waals surface area contributed by atoms with Gasteiger partial charge in [-0.05, 0) is 26.8 Å². The smallest absolute Gasteiger partial charge is 0.127 e. The van der Waals surface area contributed by atoms with Crippen molar-refractivity contribution in [2.75, 3.05) is 20.3 Å². The van der Waals surface area contributed by atoms with Crippen molar-refractivity contribution in [2.24, 2.45) is 5.73 Å². The van der Waals surface area contributed by atoms with Crippen LogP contribution in [0.5, 0.6) is 11.5 Å². The molecular formula is C14H23NO3. The van der Waals surface area contributed by atoms with Crippen LogP contribution >= 0.6 is 0 Å². The van der Waals surface area contributed by atoms with Gasteiger partial charge in [0.2, 0.25) is 0 Å². The van der Waals surface area contributed by atoms with Crippen LogP contribution in [0.4, 0.5) is 0 Å². The van der Waals surface area contributed by atoms with E-state index in [9.17, 15) is 0 Å². The third kappa shape index (κ3) is 4.94. The lowest BCUT2D eigenvalue weighted by Crippen LogP contribution is -2.22. The Hall–Kier alpha value is -1.26. The molecule has 1 aromatic rings. The van der Waals surface area contributed by atoms with Crippen molar-refractivity contribution in [3.05, 3.63) is 23.8 Å². The summed E-state index contributed by atoms with van der Waals surface area (Å²) in [5.41, 5.74) is 6.48. The van der Waals surface area contributed by atoms with Gasteiger partial charge in [-0.2, -0.15) is 0 Å². The molecule has 0 bridgehead atoms. The van der Waals surface area contributed by atoms with Crippen molar-refractivity contribution in [1.29, 1.82) is 0 Å². The number of hydrogen-bond acceptors (Lipinski definition) is 4. The summed E-state index contributed by atoms with van der Waals surface area (Å²) in [4.78, 5) is 0. The van der Waals surface area contributed by atoms with Crippen LogP contribution in [-0.2, 0) is 11.3 Å². The molecule has 0 saturated heterocycles. The van der Waals surface area contributed by atoms with Crippen molar-refractivity contribution in [3.63, 3.8) is 0 Å². The Kier molecular flexibility index (Phi) is 5.44. The molecule has 0 fully saturated rings. The topological polar surface area (TPSA) is 53.7 Å². The van der Waals surface area contributed by atoms with E-state index in [0.29, 0.717) is 19.8 Å². The predicted molar refractivity (Wildman–Crippen MR) is 72.1 cm³/mol. The molecule has 0 unspecified atom stereocenters. The Morgan fingerprint density at radius 3 is 2.44 bits per heavy atom. The van der Waals surface area contributed by atoms with Crippen molar-refractivity contribution in [1.82, 2.24) is 0 Å². The van der Waals surface area contributed by atoms with E-state index in [2.05, 4.69) is 0 Å².